The van der Waals surface area contributed by atoms with Gasteiger partial charge in [0.15, 0.2) is 0 Å². The van der Waals surface area contributed by atoms with E-state index in [0.29, 0.717) is 19.0 Å². The first-order chi connectivity index (χ1) is 17.4. The first-order valence-corrected chi connectivity index (χ1v) is 15.7. The third kappa shape index (κ3) is 19.9. The maximum atomic E-state index is 12.0. The maximum absolute atomic E-state index is 12.0. The Hall–Kier alpha value is -1.25. The lowest BCUT2D eigenvalue weighted by Gasteiger charge is -2.09. The van der Waals surface area contributed by atoms with Crippen molar-refractivity contribution in [3.63, 3.8) is 0 Å². The van der Waals surface area contributed by atoms with Crippen molar-refractivity contribution in [3.05, 3.63) is 22.7 Å². The van der Waals surface area contributed by atoms with Crippen molar-refractivity contribution in [2.45, 2.75) is 110 Å². The van der Waals surface area contributed by atoms with Gasteiger partial charge in [-0.3, -0.25) is 9.13 Å². The highest BCUT2D eigenvalue weighted by Crippen LogP contribution is 2.33. The first kappa shape index (κ1) is 32.8. The normalized spacial score (nSPS) is 11.8. The van der Waals surface area contributed by atoms with E-state index >= 15 is 0 Å². The van der Waals surface area contributed by atoms with E-state index in [1.54, 1.807) is 12.3 Å². The van der Waals surface area contributed by atoms with Gasteiger partial charge in [-0.15, -0.1) is 0 Å². The topological polar surface area (TPSA) is 123 Å². The molecule has 0 atom stereocenters. The van der Waals surface area contributed by atoms with E-state index in [1.807, 2.05) is 0 Å². The number of rotatable bonds is 25. The van der Waals surface area contributed by atoms with Gasteiger partial charge < -0.3 is 24.6 Å². The Bertz CT molecular complexity index is 755. The molecule has 0 saturated heterocycles. The third-order valence-corrected chi connectivity index (χ3v) is 6.54. The summed E-state index contributed by atoms with van der Waals surface area (Å²) >= 11 is 0. The number of ether oxygens (including phenoxy) is 2. The van der Waals surface area contributed by atoms with E-state index in [4.69, 9.17) is 19.3 Å². The molecule has 0 aliphatic rings. The van der Waals surface area contributed by atoms with Gasteiger partial charge in [-0.05, 0) is 18.9 Å². The lowest BCUT2D eigenvalue weighted by atomic mass is 10.0. The minimum atomic E-state index is -4.19. The van der Waals surface area contributed by atoms with Gasteiger partial charge in [0.2, 0.25) is 0 Å². The highest BCUT2D eigenvalue weighted by atomic mass is 31.2. The van der Waals surface area contributed by atoms with Crippen LogP contribution in [-0.4, -0.2) is 52.1 Å². The fraction of sp³-hybridized carbons (Fsp3) is 0.846. The Balaban J connectivity index is 1.89. The zero-order chi connectivity index (χ0) is 26.3. The fourth-order valence-electron chi connectivity index (χ4n) is 3.94. The molecule has 0 fully saturated rings. The van der Waals surface area contributed by atoms with E-state index < -0.39 is 19.6 Å². The van der Waals surface area contributed by atoms with Crippen LogP contribution < -0.4 is 11.0 Å². The summed E-state index contributed by atoms with van der Waals surface area (Å²) in [6, 6.07) is 1.69. The van der Waals surface area contributed by atoms with Crippen molar-refractivity contribution >= 4 is 13.4 Å². The molecule has 1 heterocycles. The molecular weight excluding hydrogens is 481 g/mol. The Morgan fingerprint density at radius 3 is 1.94 bits per heavy atom. The maximum Gasteiger partial charge on any atom is 0.350 e. The summed E-state index contributed by atoms with van der Waals surface area (Å²) in [5.41, 5.74) is -0.436. The molecule has 36 heavy (non-hydrogen) atoms. The molecule has 0 aliphatic heterocycles. The van der Waals surface area contributed by atoms with Crippen LogP contribution in [0.3, 0.4) is 0 Å². The van der Waals surface area contributed by atoms with Crippen LogP contribution in [0.4, 0.5) is 5.82 Å². The van der Waals surface area contributed by atoms with Gasteiger partial charge in [-0.25, -0.2) is 4.79 Å². The molecule has 210 valence electrons. The second-order valence-electron chi connectivity index (χ2n) is 9.48. The van der Waals surface area contributed by atoms with Crippen molar-refractivity contribution in [1.29, 1.82) is 0 Å². The fourth-order valence-corrected chi connectivity index (χ4v) is 4.30. The SMILES string of the molecule is CCCCCCCCCCCCCCCCOCCCNc1ccn(CCOCP(=O)(O)O)c(=O)n1. The number of anilines is 1. The number of nitrogens with zero attached hydrogens (tertiary/aromatic N) is 2. The van der Waals surface area contributed by atoms with Crippen molar-refractivity contribution < 1.29 is 23.8 Å². The minimum Gasteiger partial charge on any atom is -0.381 e. The van der Waals surface area contributed by atoms with E-state index in [-0.39, 0.29) is 13.2 Å². The van der Waals surface area contributed by atoms with Crippen LogP contribution in [0.2, 0.25) is 0 Å². The molecular formula is C26H50N3O6P. The van der Waals surface area contributed by atoms with E-state index in [1.165, 1.54) is 88.0 Å². The second-order valence-corrected chi connectivity index (χ2v) is 11.1. The Labute approximate surface area is 217 Å². The summed E-state index contributed by atoms with van der Waals surface area (Å²) in [6.45, 7) is 4.62. The predicted octanol–water partition coefficient (Wildman–Crippen LogP) is 5.70. The highest BCUT2D eigenvalue weighted by molar-refractivity contribution is 7.51. The van der Waals surface area contributed by atoms with E-state index in [2.05, 4.69) is 17.2 Å². The van der Waals surface area contributed by atoms with Gasteiger partial charge in [-0.1, -0.05) is 90.4 Å². The molecule has 0 spiro atoms. The van der Waals surface area contributed by atoms with Crippen molar-refractivity contribution in [2.24, 2.45) is 0 Å². The Kier molecular flexibility index (Phi) is 19.8. The van der Waals surface area contributed by atoms with Crippen LogP contribution in [0.25, 0.3) is 0 Å². The van der Waals surface area contributed by atoms with Crippen LogP contribution in [0.15, 0.2) is 17.1 Å². The Morgan fingerprint density at radius 2 is 1.39 bits per heavy atom. The number of hydrogen-bond acceptors (Lipinski definition) is 6. The van der Waals surface area contributed by atoms with Gasteiger partial charge in [0.1, 0.15) is 12.2 Å². The zero-order valence-electron chi connectivity index (χ0n) is 22.4. The molecule has 1 aromatic rings. The summed E-state index contributed by atoms with van der Waals surface area (Å²) < 4.78 is 22.7. The van der Waals surface area contributed by atoms with E-state index in [0.717, 1.165) is 19.4 Å². The van der Waals surface area contributed by atoms with Crippen LogP contribution >= 0.6 is 7.60 Å². The summed E-state index contributed by atoms with van der Waals surface area (Å²) in [4.78, 5) is 33.5. The summed E-state index contributed by atoms with van der Waals surface area (Å²) in [5.74, 6) is 0.499. The summed E-state index contributed by atoms with van der Waals surface area (Å²) in [7, 11) is -4.19. The van der Waals surface area contributed by atoms with Gasteiger partial charge in [0.05, 0.1) is 13.2 Å². The molecule has 10 heteroatoms. The number of aromatic nitrogens is 2. The van der Waals surface area contributed by atoms with E-state index in [9.17, 15) is 9.36 Å². The average Bonchev–Trinajstić information content (AvgIpc) is 2.83. The van der Waals surface area contributed by atoms with Crippen molar-refractivity contribution in [1.82, 2.24) is 9.55 Å². The molecule has 0 bridgehead atoms. The summed E-state index contributed by atoms with van der Waals surface area (Å²) in [6.07, 6.45) is 20.7. The van der Waals surface area contributed by atoms with Crippen LogP contribution in [0, 0.1) is 0 Å². The molecule has 0 unspecified atom stereocenters. The third-order valence-electron chi connectivity index (χ3n) is 6.02. The second kappa shape index (κ2) is 21.8. The lowest BCUT2D eigenvalue weighted by Crippen LogP contribution is -2.25. The summed E-state index contributed by atoms with van der Waals surface area (Å²) in [5, 5.41) is 3.12. The van der Waals surface area contributed by atoms with Crippen molar-refractivity contribution in [3.8, 4) is 0 Å². The molecule has 9 nitrogen and oxygen atoms in total. The first-order valence-electron chi connectivity index (χ1n) is 13.9. The van der Waals surface area contributed by atoms with Crippen LogP contribution in [0.5, 0.6) is 0 Å². The standard InChI is InChI=1S/C26H50N3O6P/c1-2-3-4-5-6-7-8-9-10-11-12-13-14-15-21-34-22-16-18-27-25-17-19-29(26(30)28-25)20-23-35-24-36(31,32)33/h17,19H,2-16,18,20-24H2,1H3,(H,27,28,30)(H2,31,32,33). The number of nitrogens with one attached hydrogen (secondary N) is 1. The highest BCUT2D eigenvalue weighted by Gasteiger charge is 2.12. The Morgan fingerprint density at radius 1 is 0.833 bits per heavy atom. The monoisotopic (exact) mass is 531 g/mol. The van der Waals surface area contributed by atoms with Gasteiger partial charge in [-0.2, -0.15) is 4.98 Å². The molecule has 1 aromatic heterocycles. The molecule has 1 rings (SSSR count). The molecule has 0 radical (unpaired) electrons. The smallest absolute Gasteiger partial charge is 0.350 e. The number of hydrogen-bond donors (Lipinski definition) is 3. The number of unbranched alkanes of at least 4 members (excludes halogenated alkanes) is 13. The van der Waals surface area contributed by atoms with Crippen LogP contribution in [-0.2, 0) is 20.6 Å². The average molecular weight is 532 g/mol. The lowest BCUT2D eigenvalue weighted by molar-refractivity contribution is 0.129. The molecule has 0 aliphatic carbocycles. The molecule has 0 saturated carbocycles. The molecule has 0 aromatic carbocycles. The molecule has 0 amide bonds. The largest absolute Gasteiger partial charge is 0.381 e. The minimum absolute atomic E-state index is 0.0239. The van der Waals surface area contributed by atoms with Crippen LogP contribution in [0.1, 0.15) is 103 Å². The van der Waals surface area contributed by atoms with Gasteiger partial charge in [0.25, 0.3) is 0 Å². The van der Waals surface area contributed by atoms with Crippen molar-refractivity contribution in [2.75, 3.05) is 38.0 Å². The molecule has 3 N–H and O–H groups in total. The van der Waals surface area contributed by atoms with Gasteiger partial charge >= 0.3 is 13.3 Å². The van der Waals surface area contributed by atoms with Gasteiger partial charge in [0, 0.05) is 26.0 Å². The zero-order valence-corrected chi connectivity index (χ0v) is 23.3. The predicted molar refractivity (Wildman–Crippen MR) is 146 cm³/mol. The quantitative estimate of drug-likeness (QED) is 0.109.